The molecule has 1 rings (SSSR count). The van der Waals surface area contributed by atoms with E-state index in [4.69, 9.17) is 4.74 Å². The Bertz CT molecular complexity index is 305. The molecule has 104 valence electrons. The van der Waals surface area contributed by atoms with Crippen molar-refractivity contribution in [1.29, 1.82) is 0 Å². The van der Waals surface area contributed by atoms with Gasteiger partial charge in [-0.3, -0.25) is 9.59 Å². The van der Waals surface area contributed by atoms with Crippen LogP contribution in [0.5, 0.6) is 0 Å². The molecule has 5 nitrogen and oxygen atoms in total. The van der Waals surface area contributed by atoms with Crippen molar-refractivity contribution in [3.8, 4) is 0 Å². The van der Waals surface area contributed by atoms with Crippen LogP contribution in [0.4, 0.5) is 0 Å². The SMILES string of the molecule is CCOCCN1C(=O)C(CC(C)C)NC(=O)C1C. The minimum Gasteiger partial charge on any atom is -0.380 e. The topological polar surface area (TPSA) is 58.6 Å². The van der Waals surface area contributed by atoms with Crippen molar-refractivity contribution in [3.05, 3.63) is 0 Å². The highest BCUT2D eigenvalue weighted by Crippen LogP contribution is 2.15. The predicted molar refractivity (Wildman–Crippen MR) is 69.1 cm³/mol. The molecule has 0 aromatic rings. The first kappa shape index (κ1) is 15.0. The first-order valence-corrected chi connectivity index (χ1v) is 6.66. The van der Waals surface area contributed by atoms with Gasteiger partial charge in [0.25, 0.3) is 0 Å². The van der Waals surface area contributed by atoms with Gasteiger partial charge in [-0.1, -0.05) is 13.8 Å². The zero-order chi connectivity index (χ0) is 13.7. The molecule has 2 atom stereocenters. The van der Waals surface area contributed by atoms with Crippen molar-refractivity contribution >= 4 is 11.8 Å². The lowest BCUT2D eigenvalue weighted by Gasteiger charge is -2.37. The average molecular weight is 256 g/mol. The Morgan fingerprint density at radius 1 is 1.39 bits per heavy atom. The lowest BCUT2D eigenvalue weighted by Crippen LogP contribution is -2.63. The molecule has 0 aromatic carbocycles. The number of carbonyl (C=O) groups is 2. The van der Waals surface area contributed by atoms with E-state index in [2.05, 4.69) is 5.32 Å². The largest absolute Gasteiger partial charge is 0.380 e. The summed E-state index contributed by atoms with van der Waals surface area (Å²) in [6, 6.07) is -0.781. The molecule has 18 heavy (non-hydrogen) atoms. The molecule has 0 radical (unpaired) electrons. The molecular formula is C13H24N2O3. The summed E-state index contributed by atoms with van der Waals surface area (Å²) >= 11 is 0. The van der Waals surface area contributed by atoms with E-state index in [1.165, 1.54) is 0 Å². The second-order valence-corrected chi connectivity index (χ2v) is 5.10. The van der Waals surface area contributed by atoms with E-state index in [1.807, 2.05) is 20.8 Å². The third-order valence-corrected chi connectivity index (χ3v) is 3.13. The molecule has 1 heterocycles. The quantitative estimate of drug-likeness (QED) is 0.715. The summed E-state index contributed by atoms with van der Waals surface area (Å²) in [5.74, 6) is 0.314. The van der Waals surface area contributed by atoms with Crippen LogP contribution in [0.3, 0.4) is 0 Å². The molecule has 0 bridgehead atoms. The maximum Gasteiger partial charge on any atom is 0.245 e. The molecule has 1 fully saturated rings. The molecule has 2 amide bonds. The van der Waals surface area contributed by atoms with Crippen molar-refractivity contribution in [2.75, 3.05) is 19.8 Å². The number of carbonyl (C=O) groups excluding carboxylic acids is 2. The highest BCUT2D eigenvalue weighted by Gasteiger charge is 2.37. The molecule has 1 aliphatic heterocycles. The summed E-state index contributed by atoms with van der Waals surface area (Å²) < 4.78 is 5.26. The molecule has 1 saturated heterocycles. The molecule has 0 aliphatic carbocycles. The van der Waals surface area contributed by atoms with Gasteiger partial charge in [0.1, 0.15) is 12.1 Å². The number of amides is 2. The third kappa shape index (κ3) is 3.70. The third-order valence-electron chi connectivity index (χ3n) is 3.13. The van der Waals surface area contributed by atoms with Crippen LogP contribution < -0.4 is 5.32 Å². The fraction of sp³-hybridized carbons (Fsp3) is 0.846. The Kier molecular flexibility index (Phi) is 5.59. The molecule has 5 heteroatoms. The first-order valence-electron chi connectivity index (χ1n) is 6.66. The molecule has 0 aromatic heterocycles. The van der Waals surface area contributed by atoms with Gasteiger partial charge in [0.2, 0.25) is 11.8 Å². The number of hydrogen-bond acceptors (Lipinski definition) is 3. The second-order valence-electron chi connectivity index (χ2n) is 5.10. The Morgan fingerprint density at radius 3 is 2.61 bits per heavy atom. The summed E-state index contributed by atoms with van der Waals surface area (Å²) in [6.45, 7) is 9.34. The van der Waals surface area contributed by atoms with Crippen molar-refractivity contribution in [2.24, 2.45) is 5.92 Å². The standard InChI is InChI=1S/C13H24N2O3/c1-5-18-7-6-15-10(4)12(16)14-11(13(15)17)8-9(2)3/h9-11H,5-8H2,1-4H3,(H,14,16). The highest BCUT2D eigenvalue weighted by atomic mass is 16.5. The van der Waals surface area contributed by atoms with E-state index < -0.39 is 6.04 Å². The van der Waals surface area contributed by atoms with Crippen LogP contribution in [0.25, 0.3) is 0 Å². The van der Waals surface area contributed by atoms with Gasteiger partial charge in [-0.2, -0.15) is 0 Å². The van der Waals surface area contributed by atoms with E-state index >= 15 is 0 Å². The van der Waals surface area contributed by atoms with Gasteiger partial charge in [0.15, 0.2) is 0 Å². The number of nitrogens with one attached hydrogen (secondary N) is 1. The molecule has 2 unspecified atom stereocenters. The zero-order valence-electron chi connectivity index (χ0n) is 11.7. The van der Waals surface area contributed by atoms with Crippen LogP contribution in [0, 0.1) is 5.92 Å². The summed E-state index contributed by atoms with van der Waals surface area (Å²) in [5, 5.41) is 2.80. The van der Waals surface area contributed by atoms with Crippen LogP contribution >= 0.6 is 0 Å². The fourth-order valence-electron chi connectivity index (χ4n) is 2.13. The van der Waals surface area contributed by atoms with Crippen molar-refractivity contribution in [2.45, 2.75) is 46.2 Å². The Balaban J connectivity index is 2.66. The van der Waals surface area contributed by atoms with Gasteiger partial charge >= 0.3 is 0 Å². The van der Waals surface area contributed by atoms with Crippen LogP contribution in [-0.2, 0) is 14.3 Å². The van der Waals surface area contributed by atoms with E-state index in [0.29, 0.717) is 32.1 Å². The van der Waals surface area contributed by atoms with Gasteiger partial charge in [-0.15, -0.1) is 0 Å². The number of rotatable bonds is 6. The predicted octanol–water partition coefficient (Wildman–Crippen LogP) is 0.784. The average Bonchev–Trinajstić information content (AvgIpc) is 2.30. The van der Waals surface area contributed by atoms with Crippen LogP contribution in [0.15, 0.2) is 0 Å². The Morgan fingerprint density at radius 2 is 2.06 bits per heavy atom. The lowest BCUT2D eigenvalue weighted by molar-refractivity contribution is -0.149. The molecule has 1 aliphatic rings. The highest BCUT2D eigenvalue weighted by molar-refractivity contribution is 5.96. The fourth-order valence-corrected chi connectivity index (χ4v) is 2.13. The van der Waals surface area contributed by atoms with E-state index in [-0.39, 0.29) is 17.9 Å². The molecule has 1 N–H and O–H groups in total. The minimum atomic E-state index is -0.402. The normalized spacial score (nSPS) is 24.6. The van der Waals surface area contributed by atoms with Gasteiger partial charge in [0, 0.05) is 13.2 Å². The maximum atomic E-state index is 12.3. The number of hydrogen-bond donors (Lipinski definition) is 1. The summed E-state index contributed by atoms with van der Waals surface area (Å²) in [4.78, 5) is 25.7. The lowest BCUT2D eigenvalue weighted by atomic mass is 9.99. The molecule has 0 saturated carbocycles. The smallest absolute Gasteiger partial charge is 0.245 e. The number of ether oxygens (including phenoxy) is 1. The van der Waals surface area contributed by atoms with Crippen LogP contribution in [0.2, 0.25) is 0 Å². The minimum absolute atomic E-state index is 0.00973. The summed E-state index contributed by atoms with van der Waals surface area (Å²) in [7, 11) is 0. The summed E-state index contributed by atoms with van der Waals surface area (Å²) in [5.41, 5.74) is 0. The zero-order valence-corrected chi connectivity index (χ0v) is 11.7. The van der Waals surface area contributed by atoms with Crippen molar-refractivity contribution in [3.63, 3.8) is 0 Å². The van der Waals surface area contributed by atoms with E-state index in [0.717, 1.165) is 0 Å². The van der Waals surface area contributed by atoms with Gasteiger partial charge < -0.3 is 15.0 Å². The Hall–Kier alpha value is -1.10. The van der Waals surface area contributed by atoms with Crippen LogP contribution in [0.1, 0.15) is 34.1 Å². The Labute approximate surface area is 109 Å². The summed E-state index contributed by atoms with van der Waals surface area (Å²) in [6.07, 6.45) is 0.683. The van der Waals surface area contributed by atoms with Gasteiger partial charge in [-0.25, -0.2) is 0 Å². The van der Waals surface area contributed by atoms with Gasteiger partial charge in [0.05, 0.1) is 6.61 Å². The monoisotopic (exact) mass is 256 g/mol. The second kappa shape index (κ2) is 6.73. The number of nitrogens with zero attached hydrogens (tertiary/aromatic N) is 1. The molecule has 0 spiro atoms. The molecular weight excluding hydrogens is 232 g/mol. The van der Waals surface area contributed by atoms with Gasteiger partial charge in [-0.05, 0) is 26.2 Å². The van der Waals surface area contributed by atoms with Crippen molar-refractivity contribution in [1.82, 2.24) is 10.2 Å². The maximum absolute atomic E-state index is 12.3. The first-order chi connectivity index (χ1) is 8.47. The van der Waals surface area contributed by atoms with Crippen LogP contribution in [-0.4, -0.2) is 48.6 Å². The van der Waals surface area contributed by atoms with Crippen molar-refractivity contribution < 1.29 is 14.3 Å². The van der Waals surface area contributed by atoms with E-state index in [9.17, 15) is 9.59 Å². The number of piperazine rings is 1. The van der Waals surface area contributed by atoms with E-state index in [1.54, 1.807) is 11.8 Å².